The first-order valence-corrected chi connectivity index (χ1v) is 9.19. The van der Waals surface area contributed by atoms with Gasteiger partial charge in [0, 0.05) is 20.0 Å². The lowest BCUT2D eigenvalue weighted by molar-refractivity contribution is 0.0930. The van der Waals surface area contributed by atoms with Gasteiger partial charge in [-0.25, -0.2) is 12.7 Å². The lowest BCUT2D eigenvalue weighted by Crippen LogP contribution is -2.43. The predicted molar refractivity (Wildman–Crippen MR) is 82.4 cm³/mol. The Kier molecular flexibility index (Phi) is 5.26. The van der Waals surface area contributed by atoms with E-state index in [-0.39, 0.29) is 23.6 Å². The molecule has 9 heteroatoms. The Labute approximate surface area is 133 Å². The van der Waals surface area contributed by atoms with Gasteiger partial charge in [0.1, 0.15) is 4.88 Å². The molecule has 1 aliphatic heterocycles. The maximum absolute atomic E-state index is 12.1. The number of rotatable bonds is 5. The Morgan fingerprint density at radius 1 is 1.52 bits per heavy atom. The molecule has 2 rings (SSSR count). The molecule has 0 spiro atoms. The maximum Gasteiger partial charge on any atom is 0.263 e. The maximum atomic E-state index is 12.1. The van der Waals surface area contributed by atoms with Crippen LogP contribution in [0.3, 0.4) is 0 Å². The largest absolute Gasteiger partial charge is 0.379 e. The summed E-state index contributed by atoms with van der Waals surface area (Å²) in [4.78, 5) is 12.6. The molecule has 118 valence electrons. The first-order chi connectivity index (χ1) is 9.81. The second kappa shape index (κ2) is 6.62. The zero-order valence-electron chi connectivity index (χ0n) is 11.7. The highest BCUT2D eigenvalue weighted by atomic mass is 35.5. The quantitative estimate of drug-likeness (QED) is 0.859. The fourth-order valence-electron chi connectivity index (χ4n) is 2.03. The molecule has 6 nitrogen and oxygen atoms in total. The number of nitrogens with one attached hydrogen (secondary N) is 1. The highest BCUT2D eigenvalue weighted by Crippen LogP contribution is 2.23. The highest BCUT2D eigenvalue weighted by molar-refractivity contribution is 7.89. The van der Waals surface area contributed by atoms with Gasteiger partial charge in [-0.15, -0.1) is 11.3 Å². The van der Waals surface area contributed by atoms with E-state index in [4.69, 9.17) is 16.3 Å². The minimum atomic E-state index is -3.33. The predicted octanol–water partition coefficient (Wildman–Crippen LogP) is 1.04. The average molecular weight is 353 g/mol. The molecule has 0 bridgehead atoms. The SMILES string of the molecule is CN(C)S(=O)(=O)C[C@@H]1COC[C@@H]1NC(=O)c1sccc1Cl. The van der Waals surface area contributed by atoms with E-state index in [1.807, 2.05) is 0 Å². The van der Waals surface area contributed by atoms with Crippen molar-refractivity contribution in [1.29, 1.82) is 0 Å². The zero-order valence-corrected chi connectivity index (χ0v) is 14.1. The fraction of sp³-hybridized carbons (Fsp3) is 0.583. The molecule has 0 aliphatic carbocycles. The fourth-order valence-corrected chi connectivity index (χ4v) is 4.24. The summed E-state index contributed by atoms with van der Waals surface area (Å²) in [6.07, 6.45) is 0. The van der Waals surface area contributed by atoms with Crippen LogP contribution in [0.15, 0.2) is 11.4 Å². The van der Waals surface area contributed by atoms with Gasteiger partial charge in [-0.1, -0.05) is 11.6 Å². The molecule has 1 N–H and O–H groups in total. The van der Waals surface area contributed by atoms with E-state index in [0.29, 0.717) is 23.1 Å². The molecule has 0 saturated carbocycles. The third kappa shape index (κ3) is 3.95. The summed E-state index contributed by atoms with van der Waals surface area (Å²) in [6.45, 7) is 0.624. The number of hydrogen-bond acceptors (Lipinski definition) is 5. The Balaban J connectivity index is 2.03. The Hall–Kier alpha value is -0.670. The van der Waals surface area contributed by atoms with Gasteiger partial charge >= 0.3 is 0 Å². The van der Waals surface area contributed by atoms with E-state index in [2.05, 4.69) is 5.32 Å². The van der Waals surface area contributed by atoms with Crippen molar-refractivity contribution >= 4 is 38.9 Å². The first-order valence-electron chi connectivity index (χ1n) is 6.33. The van der Waals surface area contributed by atoms with E-state index in [1.165, 1.54) is 29.7 Å². The number of thiophene rings is 1. The zero-order chi connectivity index (χ0) is 15.6. The van der Waals surface area contributed by atoms with Crippen LogP contribution >= 0.6 is 22.9 Å². The van der Waals surface area contributed by atoms with E-state index in [0.717, 1.165) is 0 Å². The second-order valence-electron chi connectivity index (χ2n) is 5.04. The van der Waals surface area contributed by atoms with Crippen LogP contribution in [0.4, 0.5) is 0 Å². The molecule has 1 aromatic heterocycles. The van der Waals surface area contributed by atoms with E-state index in [9.17, 15) is 13.2 Å². The van der Waals surface area contributed by atoms with Crippen LogP contribution in [0.25, 0.3) is 0 Å². The summed E-state index contributed by atoms with van der Waals surface area (Å²) in [7, 11) is -0.353. The smallest absolute Gasteiger partial charge is 0.263 e. The summed E-state index contributed by atoms with van der Waals surface area (Å²) in [6, 6.07) is 1.32. The van der Waals surface area contributed by atoms with Crippen LogP contribution in [0.5, 0.6) is 0 Å². The monoisotopic (exact) mass is 352 g/mol. The lowest BCUT2D eigenvalue weighted by Gasteiger charge is -2.20. The van der Waals surface area contributed by atoms with Crippen LogP contribution in [0, 0.1) is 5.92 Å². The number of carbonyl (C=O) groups excluding carboxylic acids is 1. The normalized spacial score (nSPS) is 22.7. The van der Waals surface area contributed by atoms with Crippen LogP contribution in [0.1, 0.15) is 9.67 Å². The molecular weight excluding hydrogens is 336 g/mol. The van der Waals surface area contributed by atoms with Crippen molar-refractivity contribution in [3.63, 3.8) is 0 Å². The number of ether oxygens (including phenoxy) is 1. The summed E-state index contributed by atoms with van der Waals surface area (Å²) >= 11 is 7.17. The molecule has 2 heterocycles. The molecule has 1 amide bonds. The van der Waals surface area contributed by atoms with Crippen LogP contribution in [-0.4, -0.2) is 57.7 Å². The number of amides is 1. The highest BCUT2D eigenvalue weighted by Gasteiger charge is 2.34. The van der Waals surface area contributed by atoms with Crippen LogP contribution in [0.2, 0.25) is 5.02 Å². The van der Waals surface area contributed by atoms with E-state index < -0.39 is 10.0 Å². The van der Waals surface area contributed by atoms with Gasteiger partial charge in [-0.3, -0.25) is 4.79 Å². The number of halogens is 1. The minimum Gasteiger partial charge on any atom is -0.379 e. The molecule has 1 aliphatic rings. The minimum absolute atomic E-state index is 0.0525. The molecule has 0 aromatic carbocycles. The van der Waals surface area contributed by atoms with Crippen molar-refractivity contribution in [2.75, 3.05) is 33.1 Å². The molecule has 1 saturated heterocycles. The second-order valence-corrected chi connectivity index (χ2v) is 8.59. The van der Waals surface area contributed by atoms with Gasteiger partial charge in [0.15, 0.2) is 0 Å². The topological polar surface area (TPSA) is 75.7 Å². The standard InChI is InChI=1S/C12H17ClN2O4S2/c1-15(2)21(17,18)7-8-5-19-6-10(8)14-12(16)11-9(13)3-4-20-11/h3-4,8,10H,5-7H2,1-2H3,(H,14,16)/t8-,10-/m0/s1. The van der Waals surface area contributed by atoms with Gasteiger partial charge in [0.25, 0.3) is 5.91 Å². The summed E-state index contributed by atoms with van der Waals surface area (Å²) < 4.78 is 30.4. The molecule has 21 heavy (non-hydrogen) atoms. The van der Waals surface area contributed by atoms with Crippen molar-refractivity contribution in [2.45, 2.75) is 6.04 Å². The molecule has 0 unspecified atom stereocenters. The van der Waals surface area contributed by atoms with Gasteiger partial charge in [-0.2, -0.15) is 0 Å². The summed E-state index contributed by atoms with van der Waals surface area (Å²) in [5.74, 6) is -0.610. The first kappa shape index (κ1) is 16.7. The van der Waals surface area contributed by atoms with Crippen molar-refractivity contribution in [3.8, 4) is 0 Å². The van der Waals surface area contributed by atoms with Gasteiger partial charge in [-0.05, 0) is 11.4 Å². The van der Waals surface area contributed by atoms with Crippen molar-refractivity contribution in [3.05, 3.63) is 21.3 Å². The number of carbonyl (C=O) groups is 1. The molecule has 1 aromatic rings. The van der Waals surface area contributed by atoms with E-state index in [1.54, 1.807) is 11.4 Å². The Bertz CT molecular complexity index is 615. The molecule has 1 fully saturated rings. The van der Waals surface area contributed by atoms with Crippen LogP contribution < -0.4 is 5.32 Å². The molecular formula is C12H17ClN2O4S2. The number of hydrogen-bond donors (Lipinski definition) is 1. The van der Waals surface area contributed by atoms with Gasteiger partial charge < -0.3 is 10.1 Å². The third-order valence-corrected chi connectivity index (χ3v) is 6.62. The lowest BCUT2D eigenvalue weighted by atomic mass is 10.1. The van der Waals surface area contributed by atoms with Crippen molar-refractivity contribution in [2.24, 2.45) is 5.92 Å². The molecule has 2 atom stereocenters. The third-order valence-electron chi connectivity index (χ3n) is 3.32. The van der Waals surface area contributed by atoms with Gasteiger partial charge in [0.2, 0.25) is 10.0 Å². The number of sulfonamides is 1. The average Bonchev–Trinajstić information content (AvgIpc) is 2.98. The van der Waals surface area contributed by atoms with Gasteiger partial charge in [0.05, 0.1) is 30.0 Å². The molecule has 0 radical (unpaired) electrons. The summed E-state index contributed by atoms with van der Waals surface area (Å²) in [5, 5.41) is 4.94. The van der Waals surface area contributed by atoms with Crippen LogP contribution in [-0.2, 0) is 14.8 Å². The summed E-state index contributed by atoms with van der Waals surface area (Å²) in [5.41, 5.74) is 0. The number of nitrogens with zero attached hydrogens (tertiary/aromatic N) is 1. The Morgan fingerprint density at radius 3 is 2.81 bits per heavy atom. The van der Waals surface area contributed by atoms with Crippen molar-refractivity contribution < 1.29 is 17.9 Å². The van der Waals surface area contributed by atoms with Crippen molar-refractivity contribution in [1.82, 2.24) is 9.62 Å². The Morgan fingerprint density at radius 2 is 2.24 bits per heavy atom. The van der Waals surface area contributed by atoms with E-state index >= 15 is 0 Å².